The monoisotopic (exact) mass is 313 g/mol. The van der Waals surface area contributed by atoms with Gasteiger partial charge in [0.25, 0.3) is 5.69 Å². The maximum atomic E-state index is 11.9. The van der Waals surface area contributed by atoms with Gasteiger partial charge < -0.3 is 10.6 Å². The van der Waals surface area contributed by atoms with E-state index in [1.165, 1.54) is 12.1 Å². The van der Waals surface area contributed by atoms with E-state index < -0.39 is 4.92 Å². The van der Waals surface area contributed by atoms with Gasteiger partial charge in [-0.2, -0.15) is 0 Å². The van der Waals surface area contributed by atoms with Crippen LogP contribution in [0.5, 0.6) is 0 Å². The first-order valence-electron chi connectivity index (χ1n) is 6.91. The van der Waals surface area contributed by atoms with Crippen molar-refractivity contribution < 1.29 is 9.72 Å². The SMILES string of the molecule is Cl.O=C(NCCc1ccc([N+](=O)[O-])cc1)[C@H]1CCCCN1. The van der Waals surface area contributed by atoms with Crippen LogP contribution >= 0.6 is 12.4 Å². The molecule has 0 bridgehead atoms. The Hall–Kier alpha value is -1.66. The summed E-state index contributed by atoms with van der Waals surface area (Å²) >= 11 is 0. The molecule has 0 saturated carbocycles. The number of nitro benzene ring substituents is 1. The van der Waals surface area contributed by atoms with Crippen molar-refractivity contribution in [3.05, 3.63) is 39.9 Å². The minimum atomic E-state index is -0.416. The summed E-state index contributed by atoms with van der Waals surface area (Å²) in [4.78, 5) is 22.0. The van der Waals surface area contributed by atoms with Crippen LogP contribution in [0.4, 0.5) is 5.69 Å². The van der Waals surface area contributed by atoms with Crippen molar-refractivity contribution in [2.24, 2.45) is 0 Å². The van der Waals surface area contributed by atoms with Crippen LogP contribution in [0.25, 0.3) is 0 Å². The van der Waals surface area contributed by atoms with Crippen LogP contribution in [-0.4, -0.2) is 30.0 Å². The van der Waals surface area contributed by atoms with Crippen LogP contribution in [0.1, 0.15) is 24.8 Å². The smallest absolute Gasteiger partial charge is 0.269 e. The lowest BCUT2D eigenvalue weighted by molar-refractivity contribution is -0.384. The number of nitro groups is 1. The molecule has 1 aromatic rings. The summed E-state index contributed by atoms with van der Waals surface area (Å²) in [5.41, 5.74) is 1.07. The largest absolute Gasteiger partial charge is 0.354 e. The molecule has 1 aromatic carbocycles. The number of piperidine rings is 1. The number of nitrogens with zero attached hydrogens (tertiary/aromatic N) is 1. The third-order valence-electron chi connectivity index (χ3n) is 3.49. The molecule has 0 aliphatic carbocycles. The topological polar surface area (TPSA) is 84.3 Å². The molecule has 116 valence electrons. The Bertz CT molecular complexity index is 473. The average molecular weight is 314 g/mol. The number of nitrogens with one attached hydrogen (secondary N) is 2. The Balaban J connectivity index is 0.00000220. The van der Waals surface area contributed by atoms with Crippen LogP contribution in [-0.2, 0) is 11.2 Å². The van der Waals surface area contributed by atoms with Gasteiger partial charge in [-0.25, -0.2) is 0 Å². The van der Waals surface area contributed by atoms with E-state index in [2.05, 4.69) is 10.6 Å². The molecule has 0 unspecified atom stereocenters. The normalized spacial score (nSPS) is 17.6. The van der Waals surface area contributed by atoms with Gasteiger partial charge in [-0.3, -0.25) is 14.9 Å². The molecule has 1 heterocycles. The lowest BCUT2D eigenvalue weighted by Gasteiger charge is -2.22. The number of carbonyl (C=O) groups is 1. The summed E-state index contributed by atoms with van der Waals surface area (Å²) in [5.74, 6) is 0.0478. The van der Waals surface area contributed by atoms with E-state index in [-0.39, 0.29) is 30.0 Å². The Morgan fingerprint density at radius 3 is 2.62 bits per heavy atom. The van der Waals surface area contributed by atoms with Crippen LogP contribution < -0.4 is 10.6 Å². The van der Waals surface area contributed by atoms with Gasteiger partial charge in [0.15, 0.2) is 0 Å². The minimum Gasteiger partial charge on any atom is -0.354 e. The van der Waals surface area contributed by atoms with Crippen LogP contribution in [0.3, 0.4) is 0 Å². The quantitative estimate of drug-likeness (QED) is 0.641. The summed E-state index contributed by atoms with van der Waals surface area (Å²) in [5, 5.41) is 16.6. The predicted octanol–water partition coefficient (Wildman–Crippen LogP) is 1.82. The Kier molecular flexibility index (Phi) is 7.11. The highest BCUT2D eigenvalue weighted by molar-refractivity contribution is 5.85. The molecule has 1 aliphatic rings. The number of hydrogen-bond acceptors (Lipinski definition) is 4. The Labute approximate surface area is 129 Å². The highest BCUT2D eigenvalue weighted by Crippen LogP contribution is 2.12. The summed E-state index contributed by atoms with van der Waals surface area (Å²) in [6.07, 6.45) is 3.79. The fraction of sp³-hybridized carbons (Fsp3) is 0.500. The fourth-order valence-electron chi connectivity index (χ4n) is 2.31. The average Bonchev–Trinajstić information content (AvgIpc) is 2.48. The van der Waals surface area contributed by atoms with Gasteiger partial charge in [-0.15, -0.1) is 12.4 Å². The lowest BCUT2D eigenvalue weighted by Crippen LogP contribution is -2.47. The van der Waals surface area contributed by atoms with Gasteiger partial charge in [0.05, 0.1) is 11.0 Å². The van der Waals surface area contributed by atoms with Crippen molar-refractivity contribution in [3.8, 4) is 0 Å². The molecule has 1 saturated heterocycles. The van der Waals surface area contributed by atoms with Crippen molar-refractivity contribution in [1.82, 2.24) is 10.6 Å². The van der Waals surface area contributed by atoms with E-state index >= 15 is 0 Å². The zero-order valence-electron chi connectivity index (χ0n) is 11.7. The predicted molar refractivity (Wildman–Crippen MR) is 82.7 cm³/mol. The summed E-state index contributed by atoms with van der Waals surface area (Å²) in [7, 11) is 0. The van der Waals surface area contributed by atoms with Crippen molar-refractivity contribution in [3.63, 3.8) is 0 Å². The molecule has 1 amide bonds. The highest BCUT2D eigenvalue weighted by atomic mass is 35.5. The first kappa shape index (κ1) is 17.4. The van der Waals surface area contributed by atoms with Crippen LogP contribution in [0, 0.1) is 10.1 Å². The molecule has 2 rings (SSSR count). The molecule has 6 nitrogen and oxygen atoms in total. The van der Waals surface area contributed by atoms with E-state index in [0.717, 1.165) is 31.4 Å². The van der Waals surface area contributed by atoms with Crippen molar-refractivity contribution in [1.29, 1.82) is 0 Å². The van der Waals surface area contributed by atoms with Crippen LogP contribution in [0.15, 0.2) is 24.3 Å². The standard InChI is InChI=1S/C14H19N3O3.ClH/c18-14(13-3-1-2-9-15-13)16-10-8-11-4-6-12(7-5-11)17(19)20;/h4-7,13,15H,1-3,8-10H2,(H,16,18);1H/t13-;/m1./s1. The summed E-state index contributed by atoms with van der Waals surface area (Å²) in [6.45, 7) is 1.45. The van der Waals surface area contributed by atoms with E-state index in [0.29, 0.717) is 13.0 Å². The minimum absolute atomic E-state index is 0. The Morgan fingerprint density at radius 1 is 1.33 bits per heavy atom. The zero-order chi connectivity index (χ0) is 14.4. The van der Waals surface area contributed by atoms with Crippen molar-refractivity contribution in [2.45, 2.75) is 31.7 Å². The number of benzene rings is 1. The van der Waals surface area contributed by atoms with Gasteiger partial charge in [0, 0.05) is 18.7 Å². The summed E-state index contributed by atoms with van der Waals surface area (Å²) in [6, 6.07) is 6.35. The van der Waals surface area contributed by atoms with Crippen LogP contribution in [0.2, 0.25) is 0 Å². The third-order valence-corrected chi connectivity index (χ3v) is 3.49. The number of hydrogen-bond donors (Lipinski definition) is 2. The number of carbonyl (C=O) groups excluding carboxylic acids is 1. The second kappa shape index (κ2) is 8.59. The molecule has 1 fully saturated rings. The number of halogens is 1. The number of amides is 1. The van der Waals surface area contributed by atoms with Crippen molar-refractivity contribution >= 4 is 24.0 Å². The van der Waals surface area contributed by atoms with Gasteiger partial charge in [0.1, 0.15) is 0 Å². The molecular weight excluding hydrogens is 294 g/mol. The number of rotatable bonds is 5. The first-order chi connectivity index (χ1) is 9.66. The number of non-ortho nitro benzene ring substituents is 1. The zero-order valence-corrected chi connectivity index (χ0v) is 12.5. The molecule has 0 aromatic heterocycles. The third kappa shape index (κ3) is 5.32. The molecule has 0 radical (unpaired) electrons. The maximum Gasteiger partial charge on any atom is 0.269 e. The van der Waals surface area contributed by atoms with Gasteiger partial charge >= 0.3 is 0 Å². The fourth-order valence-corrected chi connectivity index (χ4v) is 2.31. The molecular formula is C14H20ClN3O3. The van der Waals surface area contributed by atoms with Gasteiger partial charge in [-0.05, 0) is 31.4 Å². The first-order valence-corrected chi connectivity index (χ1v) is 6.91. The maximum absolute atomic E-state index is 11.9. The molecule has 0 spiro atoms. The van der Waals surface area contributed by atoms with Gasteiger partial charge in [-0.1, -0.05) is 18.6 Å². The highest BCUT2D eigenvalue weighted by Gasteiger charge is 2.19. The molecule has 7 heteroatoms. The molecule has 21 heavy (non-hydrogen) atoms. The van der Waals surface area contributed by atoms with E-state index in [4.69, 9.17) is 0 Å². The van der Waals surface area contributed by atoms with E-state index in [9.17, 15) is 14.9 Å². The van der Waals surface area contributed by atoms with E-state index in [1.807, 2.05) is 0 Å². The van der Waals surface area contributed by atoms with Gasteiger partial charge in [0.2, 0.25) is 5.91 Å². The molecule has 1 atom stereocenters. The molecule has 1 aliphatic heterocycles. The lowest BCUT2D eigenvalue weighted by atomic mass is 10.0. The van der Waals surface area contributed by atoms with E-state index in [1.54, 1.807) is 12.1 Å². The Morgan fingerprint density at radius 2 is 2.05 bits per heavy atom. The molecule has 2 N–H and O–H groups in total. The summed E-state index contributed by atoms with van der Waals surface area (Å²) < 4.78 is 0. The second-order valence-electron chi connectivity index (χ2n) is 4.97. The second-order valence-corrected chi connectivity index (χ2v) is 4.97. The van der Waals surface area contributed by atoms with Crippen molar-refractivity contribution in [2.75, 3.05) is 13.1 Å².